The summed E-state index contributed by atoms with van der Waals surface area (Å²) in [5, 5.41) is 12.1. The van der Waals surface area contributed by atoms with Gasteiger partial charge in [0.25, 0.3) is 5.91 Å². The maximum absolute atomic E-state index is 12.5. The lowest BCUT2D eigenvalue weighted by Gasteiger charge is -2.28. The highest BCUT2D eigenvalue weighted by Gasteiger charge is 2.31. The van der Waals surface area contributed by atoms with Gasteiger partial charge in [-0.25, -0.2) is 9.78 Å². The number of amides is 1. The molecule has 2 heterocycles. The molecule has 1 saturated heterocycles. The van der Waals surface area contributed by atoms with Crippen molar-refractivity contribution < 1.29 is 19.4 Å². The lowest BCUT2D eigenvalue weighted by molar-refractivity contribution is -0.142. The van der Waals surface area contributed by atoms with E-state index in [1.54, 1.807) is 12.1 Å². The fraction of sp³-hybridized carbons (Fsp3) is 0.350. The van der Waals surface area contributed by atoms with E-state index in [-0.39, 0.29) is 5.92 Å². The summed E-state index contributed by atoms with van der Waals surface area (Å²) in [6.45, 7) is 0.980. The Kier molecular flexibility index (Phi) is 6.03. The van der Waals surface area contributed by atoms with Crippen LogP contribution >= 0.6 is 0 Å². The van der Waals surface area contributed by atoms with Gasteiger partial charge in [-0.15, -0.1) is 0 Å². The number of nitrogens with one attached hydrogen (secondary N) is 1. The molecule has 7 heteroatoms. The van der Waals surface area contributed by atoms with E-state index < -0.39 is 17.9 Å². The molecular formula is C20H23N3O4. The number of rotatable bonds is 6. The first-order chi connectivity index (χ1) is 13.1. The number of benzene rings is 1. The highest BCUT2D eigenvalue weighted by atomic mass is 16.5. The Labute approximate surface area is 158 Å². The van der Waals surface area contributed by atoms with E-state index in [0.717, 1.165) is 18.5 Å². The summed E-state index contributed by atoms with van der Waals surface area (Å²) in [7, 11) is 1.89. The summed E-state index contributed by atoms with van der Waals surface area (Å²) >= 11 is 0. The predicted molar refractivity (Wildman–Crippen MR) is 101 cm³/mol. The van der Waals surface area contributed by atoms with Crippen LogP contribution in [0.1, 0.15) is 23.2 Å². The molecule has 27 heavy (non-hydrogen) atoms. The van der Waals surface area contributed by atoms with Crippen LogP contribution in [0, 0.1) is 5.92 Å². The van der Waals surface area contributed by atoms with Crippen LogP contribution in [0.15, 0.2) is 48.7 Å². The summed E-state index contributed by atoms with van der Waals surface area (Å²) < 4.78 is 5.35. The molecule has 0 radical (unpaired) electrons. The zero-order valence-electron chi connectivity index (χ0n) is 15.2. The fourth-order valence-electron chi connectivity index (χ4n) is 3.14. The Hall–Kier alpha value is -2.93. The first kappa shape index (κ1) is 18.8. The second kappa shape index (κ2) is 8.64. The summed E-state index contributed by atoms with van der Waals surface area (Å²) in [4.78, 5) is 30.3. The van der Waals surface area contributed by atoms with E-state index in [1.807, 2.05) is 42.3 Å². The monoisotopic (exact) mass is 369 g/mol. The second-order valence-corrected chi connectivity index (χ2v) is 6.57. The molecule has 7 nitrogen and oxygen atoms in total. The molecule has 0 spiro atoms. The van der Waals surface area contributed by atoms with Crippen LogP contribution in [0.5, 0.6) is 0 Å². The maximum atomic E-state index is 12.5. The van der Waals surface area contributed by atoms with Crippen molar-refractivity contribution in [2.24, 2.45) is 5.92 Å². The average molecular weight is 369 g/mol. The van der Waals surface area contributed by atoms with E-state index in [0.29, 0.717) is 24.6 Å². The molecule has 0 bridgehead atoms. The van der Waals surface area contributed by atoms with Gasteiger partial charge in [0.15, 0.2) is 0 Å². The molecule has 2 atom stereocenters. The van der Waals surface area contributed by atoms with Crippen LogP contribution < -0.4 is 10.2 Å². The van der Waals surface area contributed by atoms with Gasteiger partial charge in [-0.05, 0) is 37.1 Å². The van der Waals surface area contributed by atoms with Gasteiger partial charge >= 0.3 is 5.97 Å². The summed E-state index contributed by atoms with van der Waals surface area (Å²) in [6.07, 6.45) is 2.98. The number of carboxylic acids is 1. The first-order valence-corrected chi connectivity index (χ1v) is 8.92. The number of para-hydroxylation sites is 1. The van der Waals surface area contributed by atoms with E-state index in [4.69, 9.17) is 4.74 Å². The third kappa shape index (κ3) is 4.62. The zero-order chi connectivity index (χ0) is 19.2. The van der Waals surface area contributed by atoms with E-state index >= 15 is 0 Å². The number of anilines is 2. The molecule has 142 valence electrons. The Balaban J connectivity index is 1.68. The SMILES string of the molecule is CN(c1ccccc1)c1ccc(C(=O)NC(C(=O)O)C2CCCOC2)cn1. The second-order valence-electron chi connectivity index (χ2n) is 6.57. The third-order valence-electron chi connectivity index (χ3n) is 4.72. The van der Waals surface area contributed by atoms with Crippen molar-refractivity contribution >= 4 is 23.4 Å². The maximum Gasteiger partial charge on any atom is 0.326 e. The first-order valence-electron chi connectivity index (χ1n) is 8.92. The molecule has 1 aliphatic rings. The molecule has 1 aromatic heterocycles. The predicted octanol–water partition coefficient (Wildman–Crippen LogP) is 2.46. The van der Waals surface area contributed by atoms with E-state index in [2.05, 4.69) is 10.3 Å². The molecule has 1 fully saturated rings. The van der Waals surface area contributed by atoms with Gasteiger partial charge in [0.05, 0.1) is 12.2 Å². The van der Waals surface area contributed by atoms with Gasteiger partial charge in [-0.1, -0.05) is 18.2 Å². The average Bonchev–Trinajstić information content (AvgIpc) is 2.72. The molecule has 2 unspecified atom stereocenters. The standard InChI is InChI=1S/C20H23N3O4/c1-23(16-7-3-2-4-8-16)17-10-9-14(12-21-17)19(24)22-18(20(25)26)15-6-5-11-27-13-15/h2-4,7-10,12,15,18H,5-6,11,13H2,1H3,(H,22,24)(H,25,26). The van der Waals surface area contributed by atoms with Gasteiger partial charge in [-0.2, -0.15) is 0 Å². The van der Waals surface area contributed by atoms with Crippen molar-refractivity contribution in [3.8, 4) is 0 Å². The van der Waals surface area contributed by atoms with Crippen LogP contribution in [0.4, 0.5) is 11.5 Å². The van der Waals surface area contributed by atoms with Crippen LogP contribution in [0.2, 0.25) is 0 Å². The molecule has 2 N–H and O–H groups in total. The van der Waals surface area contributed by atoms with Crippen molar-refractivity contribution in [2.75, 3.05) is 25.2 Å². The summed E-state index contributed by atoms with van der Waals surface area (Å²) in [6, 6.07) is 12.2. The number of hydrogen-bond acceptors (Lipinski definition) is 5. The van der Waals surface area contributed by atoms with Gasteiger partial charge in [-0.3, -0.25) is 4.79 Å². The lowest BCUT2D eigenvalue weighted by atomic mass is 9.93. The van der Waals surface area contributed by atoms with E-state index in [9.17, 15) is 14.7 Å². The molecule has 3 rings (SSSR count). The number of ether oxygens (including phenoxy) is 1. The minimum absolute atomic E-state index is 0.225. The van der Waals surface area contributed by atoms with Gasteiger partial charge in [0.2, 0.25) is 0 Å². The van der Waals surface area contributed by atoms with Crippen molar-refractivity contribution in [2.45, 2.75) is 18.9 Å². The Morgan fingerprint density at radius 2 is 2.04 bits per heavy atom. The van der Waals surface area contributed by atoms with Gasteiger partial charge in [0, 0.05) is 31.5 Å². The topological polar surface area (TPSA) is 91.8 Å². The van der Waals surface area contributed by atoms with E-state index in [1.165, 1.54) is 6.20 Å². The Morgan fingerprint density at radius 1 is 1.26 bits per heavy atom. The minimum Gasteiger partial charge on any atom is -0.480 e. The number of carbonyl (C=O) groups is 2. The number of carbonyl (C=O) groups excluding carboxylic acids is 1. The Morgan fingerprint density at radius 3 is 2.63 bits per heavy atom. The van der Waals surface area contributed by atoms with Crippen LogP contribution in [-0.4, -0.2) is 48.3 Å². The summed E-state index contributed by atoms with van der Waals surface area (Å²) in [5.74, 6) is -1.04. The number of nitrogens with zero attached hydrogens (tertiary/aromatic N) is 2. The minimum atomic E-state index is -1.05. The largest absolute Gasteiger partial charge is 0.480 e. The number of aliphatic carboxylic acids is 1. The molecule has 2 aromatic rings. The van der Waals surface area contributed by atoms with Crippen molar-refractivity contribution in [1.29, 1.82) is 0 Å². The molecule has 0 saturated carbocycles. The number of aromatic nitrogens is 1. The summed E-state index contributed by atoms with van der Waals surface area (Å²) in [5.41, 5.74) is 1.30. The fourth-order valence-corrected chi connectivity index (χ4v) is 3.14. The van der Waals surface area contributed by atoms with Gasteiger partial charge < -0.3 is 20.1 Å². The Bertz CT molecular complexity index is 774. The number of hydrogen-bond donors (Lipinski definition) is 2. The van der Waals surface area contributed by atoms with Crippen LogP contribution in [-0.2, 0) is 9.53 Å². The van der Waals surface area contributed by atoms with Crippen molar-refractivity contribution in [3.63, 3.8) is 0 Å². The normalized spacial score (nSPS) is 17.7. The van der Waals surface area contributed by atoms with Crippen LogP contribution in [0.25, 0.3) is 0 Å². The lowest BCUT2D eigenvalue weighted by Crippen LogP contribution is -2.48. The molecule has 0 aliphatic carbocycles. The third-order valence-corrected chi connectivity index (χ3v) is 4.72. The number of pyridine rings is 1. The van der Waals surface area contributed by atoms with Crippen molar-refractivity contribution in [1.82, 2.24) is 10.3 Å². The smallest absolute Gasteiger partial charge is 0.326 e. The van der Waals surface area contributed by atoms with Crippen LogP contribution in [0.3, 0.4) is 0 Å². The highest BCUT2D eigenvalue weighted by molar-refractivity contribution is 5.96. The molecular weight excluding hydrogens is 346 g/mol. The molecule has 1 aromatic carbocycles. The van der Waals surface area contributed by atoms with Crippen molar-refractivity contribution in [3.05, 3.63) is 54.2 Å². The molecule has 1 aliphatic heterocycles. The quantitative estimate of drug-likeness (QED) is 0.813. The number of carboxylic acid groups (broad SMARTS) is 1. The van der Waals surface area contributed by atoms with Gasteiger partial charge in [0.1, 0.15) is 11.9 Å². The highest BCUT2D eigenvalue weighted by Crippen LogP contribution is 2.21. The molecule has 1 amide bonds. The zero-order valence-corrected chi connectivity index (χ0v) is 15.2.